The quantitative estimate of drug-likeness (QED) is 0.284. The Bertz CT molecular complexity index is 683. The van der Waals surface area contributed by atoms with E-state index in [0.717, 1.165) is 68.0 Å². The number of hydrogen-bond donors (Lipinski definition) is 2. The van der Waals surface area contributed by atoms with Crippen LogP contribution in [0.25, 0.3) is 0 Å². The molecule has 2 fully saturated rings. The van der Waals surface area contributed by atoms with Crippen LogP contribution in [0.1, 0.15) is 24.5 Å². The van der Waals surface area contributed by atoms with Gasteiger partial charge in [0, 0.05) is 43.2 Å². The summed E-state index contributed by atoms with van der Waals surface area (Å²) in [4.78, 5) is 7.41. The molecule has 0 amide bonds. The molecule has 2 saturated heterocycles. The second kappa shape index (κ2) is 13.3. The van der Waals surface area contributed by atoms with E-state index in [2.05, 4.69) is 22.5 Å². The average molecular weight is 569 g/mol. The van der Waals surface area contributed by atoms with Crippen molar-refractivity contribution >= 4 is 53.5 Å². The molecule has 0 bridgehead atoms. The van der Waals surface area contributed by atoms with Crippen LogP contribution < -0.4 is 10.6 Å². The van der Waals surface area contributed by atoms with E-state index in [4.69, 9.17) is 9.73 Å². The normalized spacial score (nSPS) is 22.6. The molecule has 2 heterocycles. The van der Waals surface area contributed by atoms with Crippen LogP contribution in [0, 0.1) is 5.82 Å². The molecule has 2 N–H and O–H groups in total. The Morgan fingerprint density at radius 1 is 1.30 bits per heavy atom. The maximum atomic E-state index is 13.6. The van der Waals surface area contributed by atoms with Gasteiger partial charge in [0.2, 0.25) is 0 Å². The summed E-state index contributed by atoms with van der Waals surface area (Å²) < 4.78 is 19.2. The van der Waals surface area contributed by atoms with Gasteiger partial charge in [0.15, 0.2) is 5.96 Å². The number of morpholine rings is 1. The van der Waals surface area contributed by atoms with Crippen LogP contribution in [0.3, 0.4) is 0 Å². The Kier molecular flexibility index (Phi) is 11.6. The van der Waals surface area contributed by atoms with Crippen LogP contribution in [-0.2, 0) is 17.0 Å². The first-order valence-electron chi connectivity index (χ1n) is 10.4. The highest BCUT2D eigenvalue weighted by Gasteiger charge is 2.40. The fourth-order valence-corrected chi connectivity index (χ4v) is 5.98. The van der Waals surface area contributed by atoms with Crippen molar-refractivity contribution in [3.8, 4) is 0 Å². The van der Waals surface area contributed by atoms with Crippen molar-refractivity contribution in [1.82, 2.24) is 15.5 Å². The third-order valence-electron chi connectivity index (χ3n) is 5.57. The molecular weight excluding hydrogens is 534 g/mol. The topological polar surface area (TPSA) is 48.9 Å². The zero-order chi connectivity index (χ0) is 20.5. The van der Waals surface area contributed by atoms with E-state index in [1.54, 1.807) is 17.8 Å². The summed E-state index contributed by atoms with van der Waals surface area (Å²) in [6.45, 7) is 7.97. The number of rotatable bonds is 8. The lowest BCUT2D eigenvalue weighted by Gasteiger charge is -2.43. The van der Waals surface area contributed by atoms with Gasteiger partial charge in [-0.05, 0) is 48.6 Å². The van der Waals surface area contributed by atoms with E-state index >= 15 is 0 Å². The molecule has 170 valence electrons. The van der Waals surface area contributed by atoms with Gasteiger partial charge in [-0.2, -0.15) is 23.5 Å². The number of benzene rings is 1. The van der Waals surface area contributed by atoms with Gasteiger partial charge < -0.3 is 15.4 Å². The highest BCUT2D eigenvalue weighted by atomic mass is 127. The van der Waals surface area contributed by atoms with Gasteiger partial charge in [0.1, 0.15) is 5.82 Å². The fourth-order valence-electron chi connectivity index (χ4n) is 3.93. The third-order valence-corrected chi connectivity index (χ3v) is 7.40. The molecule has 1 unspecified atom stereocenters. The van der Waals surface area contributed by atoms with E-state index in [1.165, 1.54) is 18.2 Å². The number of nitrogens with one attached hydrogen (secondary N) is 2. The summed E-state index contributed by atoms with van der Waals surface area (Å²) in [6.07, 6.45) is 3.23. The molecule has 0 spiro atoms. The van der Waals surface area contributed by atoms with Gasteiger partial charge >= 0.3 is 0 Å². The summed E-state index contributed by atoms with van der Waals surface area (Å²) in [6, 6.07) is 5.01. The van der Waals surface area contributed by atoms with Crippen LogP contribution in [0.15, 0.2) is 23.2 Å². The molecule has 3 rings (SSSR count). The zero-order valence-electron chi connectivity index (χ0n) is 17.9. The van der Waals surface area contributed by atoms with E-state index in [-0.39, 0.29) is 35.3 Å². The molecule has 1 aromatic rings. The summed E-state index contributed by atoms with van der Waals surface area (Å²) >= 11 is 3.74. The Morgan fingerprint density at radius 2 is 2.10 bits per heavy atom. The molecule has 0 saturated carbocycles. The number of guanidine groups is 1. The standard InChI is InChI=1S/C21H33FN4OS2.HI/c1-3-23-20(24-13-17-4-5-19(22)12-18(17)14-28-2)25-15-21(6-11-29-16-21)26-7-9-27-10-8-26;/h4-5,12H,3,6-11,13-16H2,1-2H3,(H2,23,24,25);1H. The highest BCUT2D eigenvalue weighted by molar-refractivity contribution is 14.0. The van der Waals surface area contributed by atoms with Gasteiger partial charge in [-0.1, -0.05) is 6.07 Å². The Morgan fingerprint density at radius 3 is 2.77 bits per heavy atom. The first-order chi connectivity index (χ1) is 14.2. The smallest absolute Gasteiger partial charge is 0.191 e. The van der Waals surface area contributed by atoms with E-state index in [9.17, 15) is 4.39 Å². The van der Waals surface area contributed by atoms with Crippen LogP contribution in [0.5, 0.6) is 0 Å². The largest absolute Gasteiger partial charge is 0.379 e. The SMILES string of the molecule is CCNC(=NCc1ccc(F)cc1CSC)NCC1(N2CCOCC2)CCSC1.I. The van der Waals surface area contributed by atoms with Crippen LogP contribution in [0.4, 0.5) is 4.39 Å². The predicted molar refractivity (Wildman–Crippen MR) is 139 cm³/mol. The molecule has 2 aliphatic heterocycles. The Balaban J connectivity index is 0.00000320. The highest BCUT2D eigenvalue weighted by Crippen LogP contribution is 2.33. The molecule has 5 nitrogen and oxygen atoms in total. The van der Waals surface area contributed by atoms with Crippen LogP contribution >= 0.6 is 47.5 Å². The summed E-state index contributed by atoms with van der Waals surface area (Å²) in [7, 11) is 0. The summed E-state index contributed by atoms with van der Waals surface area (Å²) in [5.41, 5.74) is 2.27. The first-order valence-corrected chi connectivity index (χ1v) is 12.9. The maximum absolute atomic E-state index is 13.6. The second-order valence-corrected chi connectivity index (χ2v) is 9.49. The minimum atomic E-state index is -0.182. The van der Waals surface area contributed by atoms with Crippen molar-refractivity contribution in [2.24, 2.45) is 4.99 Å². The molecule has 1 atom stereocenters. The monoisotopic (exact) mass is 568 g/mol. The molecule has 9 heteroatoms. The van der Waals surface area contributed by atoms with Gasteiger partial charge in [-0.3, -0.25) is 4.90 Å². The summed E-state index contributed by atoms with van der Waals surface area (Å²) in [5.74, 6) is 3.80. The van der Waals surface area contributed by atoms with Gasteiger partial charge in [-0.25, -0.2) is 9.38 Å². The van der Waals surface area contributed by atoms with Crippen molar-refractivity contribution in [3.05, 3.63) is 35.1 Å². The molecule has 1 aromatic carbocycles. The predicted octanol–water partition coefficient (Wildman–Crippen LogP) is 3.57. The van der Waals surface area contributed by atoms with Crippen molar-refractivity contribution < 1.29 is 9.13 Å². The molecule has 0 aromatic heterocycles. The number of thioether (sulfide) groups is 2. The molecule has 0 aliphatic carbocycles. The van der Waals surface area contributed by atoms with Crippen molar-refractivity contribution in [2.45, 2.75) is 31.2 Å². The van der Waals surface area contributed by atoms with Crippen LogP contribution in [0.2, 0.25) is 0 Å². The maximum Gasteiger partial charge on any atom is 0.191 e. The molecule has 30 heavy (non-hydrogen) atoms. The van der Waals surface area contributed by atoms with Crippen molar-refractivity contribution in [2.75, 3.05) is 57.2 Å². The first kappa shape index (κ1) is 26.0. The minimum Gasteiger partial charge on any atom is -0.379 e. The molecule has 2 aliphatic rings. The molecule has 0 radical (unpaired) electrons. The lowest BCUT2D eigenvalue weighted by Crippen LogP contribution is -2.60. The number of ether oxygens (including phenoxy) is 1. The second-order valence-electron chi connectivity index (χ2n) is 7.52. The number of aliphatic imine (C=N–C) groups is 1. The van der Waals surface area contributed by atoms with E-state index in [0.29, 0.717) is 6.54 Å². The van der Waals surface area contributed by atoms with Gasteiger partial charge in [0.25, 0.3) is 0 Å². The zero-order valence-corrected chi connectivity index (χ0v) is 21.9. The van der Waals surface area contributed by atoms with E-state index in [1.807, 2.05) is 24.1 Å². The lowest BCUT2D eigenvalue weighted by molar-refractivity contribution is -0.0120. The van der Waals surface area contributed by atoms with Crippen molar-refractivity contribution in [1.29, 1.82) is 0 Å². The van der Waals surface area contributed by atoms with Gasteiger partial charge in [0.05, 0.1) is 19.8 Å². The summed E-state index contributed by atoms with van der Waals surface area (Å²) in [5, 5.41) is 6.97. The van der Waals surface area contributed by atoms with Crippen molar-refractivity contribution in [3.63, 3.8) is 0 Å². The number of hydrogen-bond acceptors (Lipinski definition) is 5. The lowest BCUT2D eigenvalue weighted by atomic mass is 9.95. The molecular formula is C21H34FIN4OS2. The Hall–Kier alpha value is -0.230. The number of nitrogens with zero attached hydrogens (tertiary/aromatic N) is 2. The van der Waals surface area contributed by atoms with Gasteiger partial charge in [-0.15, -0.1) is 24.0 Å². The van der Waals surface area contributed by atoms with Crippen LogP contribution in [-0.4, -0.2) is 73.6 Å². The third kappa shape index (κ3) is 7.15. The Labute approximate surface area is 205 Å². The average Bonchev–Trinajstić information content (AvgIpc) is 3.22. The fraction of sp³-hybridized carbons (Fsp3) is 0.667. The number of halogens is 2. The van der Waals surface area contributed by atoms with E-state index < -0.39 is 0 Å². The minimum absolute atomic E-state index is 0.